The van der Waals surface area contributed by atoms with E-state index in [4.69, 9.17) is 10.5 Å². The Morgan fingerprint density at radius 1 is 1.05 bits per heavy atom. The van der Waals surface area contributed by atoms with E-state index in [1.165, 1.54) is 0 Å². The number of nitrogens with two attached hydrogens (primary N) is 1. The van der Waals surface area contributed by atoms with Crippen molar-refractivity contribution in [2.45, 2.75) is 78.4 Å². The van der Waals surface area contributed by atoms with E-state index in [1.807, 2.05) is 34.9 Å². The molecule has 9 heteroatoms. The third kappa shape index (κ3) is 6.72. The minimum absolute atomic E-state index is 0.109. The number of likely N-dealkylation sites (N-methyl/N-ethyl adjacent to an activating group) is 1. The maximum Gasteiger partial charge on any atom is 0.407 e. The van der Waals surface area contributed by atoms with Gasteiger partial charge in [0.05, 0.1) is 11.1 Å². The van der Waals surface area contributed by atoms with Crippen molar-refractivity contribution in [3.63, 3.8) is 0 Å². The SMILES string of the molecule is CCN(CC)CCNC(=O)OC1CCC(Nc2cc(-c3c4n(c5ccccc35)C(=O)CC(C)(C)C4)ccc2C(N)=O)CC1. The predicted molar refractivity (Wildman–Crippen MR) is 171 cm³/mol. The Labute approximate surface area is 254 Å². The zero-order chi connectivity index (χ0) is 30.7. The minimum Gasteiger partial charge on any atom is -0.446 e. The number of anilines is 1. The fourth-order valence-electron chi connectivity index (χ4n) is 6.70. The standard InChI is InChI=1S/C34H45N5O4/c1-5-38(6-2)18-17-36-33(42)43-24-14-12-23(13-15-24)37-27-19-22(11-16-25(27)32(35)41)31-26-9-7-8-10-28(26)39-29(31)20-34(3,4)21-30(39)40/h7-11,16,19,23-24,37H,5-6,12-15,17-18,20-21H2,1-4H3,(H2,35,41)(H,36,42). The Morgan fingerprint density at radius 2 is 1.77 bits per heavy atom. The minimum atomic E-state index is -0.493. The van der Waals surface area contributed by atoms with Crippen LogP contribution < -0.4 is 16.4 Å². The lowest BCUT2D eigenvalue weighted by Crippen LogP contribution is -2.38. The summed E-state index contributed by atoms with van der Waals surface area (Å²) in [4.78, 5) is 40.3. The van der Waals surface area contributed by atoms with E-state index in [9.17, 15) is 14.4 Å². The number of carbonyl (C=O) groups excluding carboxylic acids is 3. The van der Waals surface area contributed by atoms with Crippen LogP contribution in [0.5, 0.6) is 0 Å². The largest absolute Gasteiger partial charge is 0.446 e. The van der Waals surface area contributed by atoms with Crippen LogP contribution in [-0.4, -0.2) is 65.7 Å². The molecule has 2 aromatic carbocycles. The van der Waals surface area contributed by atoms with Gasteiger partial charge in [0.15, 0.2) is 0 Å². The molecule has 2 aliphatic rings. The molecule has 1 aromatic heterocycles. The molecular formula is C34H45N5O4. The first-order valence-electron chi connectivity index (χ1n) is 15.6. The van der Waals surface area contributed by atoms with Gasteiger partial charge in [-0.15, -0.1) is 0 Å². The number of hydrogen-bond donors (Lipinski definition) is 3. The molecule has 0 saturated heterocycles. The second-order valence-electron chi connectivity index (χ2n) is 12.7. The fourth-order valence-corrected chi connectivity index (χ4v) is 6.70. The van der Waals surface area contributed by atoms with Crippen LogP contribution in [0.2, 0.25) is 0 Å². The summed E-state index contributed by atoms with van der Waals surface area (Å²) in [7, 11) is 0. The summed E-state index contributed by atoms with van der Waals surface area (Å²) in [6.45, 7) is 11.8. The zero-order valence-corrected chi connectivity index (χ0v) is 25.9. The van der Waals surface area contributed by atoms with Gasteiger partial charge >= 0.3 is 6.09 Å². The van der Waals surface area contributed by atoms with E-state index < -0.39 is 5.91 Å². The van der Waals surface area contributed by atoms with Crippen molar-refractivity contribution in [3.05, 3.63) is 53.7 Å². The van der Waals surface area contributed by atoms with Gasteiger partial charge in [0.2, 0.25) is 5.91 Å². The lowest BCUT2D eigenvalue weighted by molar-refractivity contribution is 0.0725. The maximum absolute atomic E-state index is 13.3. The number of aromatic nitrogens is 1. The molecule has 9 nitrogen and oxygen atoms in total. The molecule has 1 aliphatic carbocycles. The van der Waals surface area contributed by atoms with Crippen LogP contribution in [0.25, 0.3) is 22.0 Å². The summed E-state index contributed by atoms with van der Waals surface area (Å²) in [5, 5.41) is 7.48. The fraction of sp³-hybridized carbons (Fsp3) is 0.500. The van der Waals surface area contributed by atoms with Crippen LogP contribution in [0.4, 0.5) is 10.5 Å². The monoisotopic (exact) mass is 587 g/mol. The molecule has 2 heterocycles. The van der Waals surface area contributed by atoms with E-state index in [0.717, 1.165) is 79.5 Å². The Balaban J connectivity index is 1.32. The number of ether oxygens (including phenoxy) is 1. The van der Waals surface area contributed by atoms with Gasteiger partial charge in [-0.2, -0.15) is 0 Å². The first kappa shape index (κ1) is 30.6. The predicted octanol–water partition coefficient (Wildman–Crippen LogP) is 5.81. The number of fused-ring (bicyclic) bond motifs is 3. The van der Waals surface area contributed by atoms with Crippen LogP contribution in [-0.2, 0) is 11.2 Å². The molecule has 1 fully saturated rings. The van der Waals surface area contributed by atoms with Crippen LogP contribution >= 0.6 is 0 Å². The highest BCUT2D eigenvalue weighted by atomic mass is 16.6. The normalized spacial score (nSPS) is 19.7. The first-order valence-corrected chi connectivity index (χ1v) is 15.6. The Kier molecular flexibility index (Phi) is 9.11. The number of nitrogens with one attached hydrogen (secondary N) is 2. The van der Waals surface area contributed by atoms with Crippen molar-refractivity contribution in [1.82, 2.24) is 14.8 Å². The molecule has 230 valence electrons. The van der Waals surface area contributed by atoms with Crippen LogP contribution in [0.1, 0.15) is 80.6 Å². The van der Waals surface area contributed by atoms with Crippen molar-refractivity contribution in [3.8, 4) is 11.1 Å². The number of hydrogen-bond acceptors (Lipinski definition) is 6. The molecule has 0 unspecified atom stereocenters. The number of benzene rings is 2. The van der Waals surface area contributed by atoms with Gasteiger partial charge in [-0.25, -0.2) is 4.79 Å². The van der Waals surface area contributed by atoms with Crippen molar-refractivity contribution in [1.29, 1.82) is 0 Å². The van der Waals surface area contributed by atoms with Gasteiger partial charge in [-0.3, -0.25) is 14.2 Å². The molecule has 3 aromatic rings. The molecule has 0 spiro atoms. The van der Waals surface area contributed by atoms with Gasteiger partial charge in [0.25, 0.3) is 5.91 Å². The van der Waals surface area contributed by atoms with Crippen molar-refractivity contribution in [2.75, 3.05) is 31.5 Å². The number of amides is 2. The summed E-state index contributed by atoms with van der Waals surface area (Å²) < 4.78 is 7.57. The second-order valence-corrected chi connectivity index (χ2v) is 12.7. The lowest BCUT2D eigenvalue weighted by Gasteiger charge is -2.31. The molecule has 1 aliphatic heterocycles. The van der Waals surface area contributed by atoms with Crippen molar-refractivity contribution in [2.24, 2.45) is 11.1 Å². The molecule has 0 atom stereocenters. The Hall–Kier alpha value is -3.85. The van der Waals surface area contributed by atoms with Crippen LogP contribution in [0.15, 0.2) is 42.5 Å². The molecule has 43 heavy (non-hydrogen) atoms. The Morgan fingerprint density at radius 3 is 2.47 bits per heavy atom. The van der Waals surface area contributed by atoms with E-state index in [1.54, 1.807) is 6.07 Å². The molecule has 1 saturated carbocycles. The first-order chi connectivity index (χ1) is 20.6. The number of nitrogens with zero attached hydrogens (tertiary/aromatic N) is 2. The number of alkyl carbamates (subject to hydrolysis) is 1. The summed E-state index contributed by atoms with van der Waals surface area (Å²) >= 11 is 0. The lowest BCUT2D eigenvalue weighted by atomic mass is 9.80. The number of primary amides is 1. The van der Waals surface area contributed by atoms with E-state index in [-0.39, 0.29) is 29.6 Å². The highest BCUT2D eigenvalue weighted by molar-refractivity contribution is 6.06. The van der Waals surface area contributed by atoms with Gasteiger partial charge in [-0.05, 0) is 74.4 Å². The second kappa shape index (κ2) is 12.8. The molecule has 0 bridgehead atoms. The van der Waals surface area contributed by atoms with Crippen LogP contribution in [0.3, 0.4) is 0 Å². The van der Waals surface area contributed by atoms with E-state index in [0.29, 0.717) is 24.2 Å². The maximum atomic E-state index is 13.3. The third-order valence-electron chi connectivity index (χ3n) is 8.97. The smallest absolute Gasteiger partial charge is 0.407 e. The summed E-state index contributed by atoms with van der Waals surface area (Å²) in [5.41, 5.74) is 10.7. The van der Waals surface area contributed by atoms with E-state index in [2.05, 4.69) is 49.3 Å². The summed E-state index contributed by atoms with van der Waals surface area (Å²) in [5.74, 6) is -0.384. The molecule has 4 N–H and O–H groups in total. The highest BCUT2D eigenvalue weighted by Gasteiger charge is 2.35. The Bertz CT molecular complexity index is 1500. The van der Waals surface area contributed by atoms with Crippen molar-refractivity contribution >= 4 is 34.5 Å². The average molecular weight is 588 g/mol. The molecular weight excluding hydrogens is 542 g/mol. The zero-order valence-electron chi connectivity index (χ0n) is 25.9. The van der Waals surface area contributed by atoms with Gasteiger partial charge in [-0.1, -0.05) is 52.0 Å². The molecule has 2 amide bonds. The topological polar surface area (TPSA) is 119 Å². The summed E-state index contributed by atoms with van der Waals surface area (Å²) in [6, 6.07) is 13.9. The highest BCUT2D eigenvalue weighted by Crippen LogP contribution is 2.43. The molecule has 0 radical (unpaired) electrons. The molecule has 5 rings (SSSR count). The number of para-hydroxylation sites is 1. The van der Waals surface area contributed by atoms with Gasteiger partial charge < -0.3 is 26.0 Å². The van der Waals surface area contributed by atoms with E-state index >= 15 is 0 Å². The third-order valence-corrected chi connectivity index (χ3v) is 8.97. The van der Waals surface area contributed by atoms with Crippen molar-refractivity contribution < 1.29 is 19.1 Å². The number of rotatable bonds is 10. The van der Waals surface area contributed by atoms with Gasteiger partial charge in [0, 0.05) is 47.9 Å². The summed E-state index contributed by atoms with van der Waals surface area (Å²) in [6.07, 6.45) is 3.85. The quantitative estimate of drug-likeness (QED) is 0.275. The van der Waals surface area contributed by atoms with Crippen LogP contribution in [0, 0.1) is 5.41 Å². The number of carbonyl (C=O) groups is 3. The van der Waals surface area contributed by atoms with Gasteiger partial charge in [0.1, 0.15) is 6.10 Å². The average Bonchev–Trinajstić information content (AvgIpc) is 3.29.